The lowest BCUT2D eigenvalue weighted by Crippen LogP contribution is -2.44. The first-order chi connectivity index (χ1) is 13.2. The Morgan fingerprint density at radius 2 is 1.85 bits per heavy atom. The standard InChI is InChI=1S/C22H25N3O2/c1-23-17-4-3-12-24(15-17)18-5-7-19(8-6-18)25-13-11-16-14-20(27-2)9-10-21(16)22(25)26/h5-11,13-14,17,23H,3-4,12,15H2,1-2H3. The molecule has 1 fully saturated rings. The first-order valence-electron chi connectivity index (χ1n) is 9.41. The van der Waals surface area contributed by atoms with Crippen LogP contribution in [0.5, 0.6) is 5.75 Å². The van der Waals surface area contributed by atoms with Crippen molar-refractivity contribution in [1.29, 1.82) is 0 Å². The van der Waals surface area contributed by atoms with Gasteiger partial charge in [-0.1, -0.05) is 0 Å². The molecule has 2 heterocycles. The van der Waals surface area contributed by atoms with Crippen LogP contribution in [0.3, 0.4) is 0 Å². The Morgan fingerprint density at radius 1 is 1.07 bits per heavy atom. The van der Waals surface area contributed by atoms with Crippen molar-refractivity contribution < 1.29 is 4.74 Å². The number of rotatable bonds is 4. The molecule has 0 bridgehead atoms. The molecule has 0 spiro atoms. The SMILES string of the molecule is CNC1CCCN(c2ccc(-n3ccc4cc(OC)ccc4c3=O)cc2)C1. The van der Waals surface area contributed by atoms with Crippen LogP contribution in [-0.2, 0) is 0 Å². The van der Waals surface area contributed by atoms with E-state index < -0.39 is 0 Å². The minimum absolute atomic E-state index is 0.0175. The van der Waals surface area contributed by atoms with E-state index in [9.17, 15) is 4.79 Å². The zero-order valence-corrected chi connectivity index (χ0v) is 15.8. The molecule has 5 nitrogen and oxygen atoms in total. The number of pyridine rings is 1. The molecule has 1 aromatic heterocycles. The lowest BCUT2D eigenvalue weighted by molar-refractivity contribution is 0.415. The molecule has 0 amide bonds. The smallest absolute Gasteiger partial charge is 0.262 e. The summed E-state index contributed by atoms with van der Waals surface area (Å²) in [7, 11) is 3.66. The second-order valence-corrected chi connectivity index (χ2v) is 7.03. The number of methoxy groups -OCH3 is 1. The number of nitrogens with zero attached hydrogens (tertiary/aromatic N) is 2. The van der Waals surface area contributed by atoms with Crippen molar-refractivity contribution in [2.45, 2.75) is 18.9 Å². The fraction of sp³-hybridized carbons (Fsp3) is 0.318. The van der Waals surface area contributed by atoms with Crippen LogP contribution in [0, 0.1) is 0 Å². The zero-order valence-electron chi connectivity index (χ0n) is 15.8. The summed E-state index contributed by atoms with van der Waals surface area (Å²) < 4.78 is 6.95. The summed E-state index contributed by atoms with van der Waals surface area (Å²) >= 11 is 0. The van der Waals surface area contributed by atoms with Gasteiger partial charge in [0, 0.05) is 42.1 Å². The van der Waals surface area contributed by atoms with Crippen molar-refractivity contribution in [3.63, 3.8) is 0 Å². The molecule has 140 valence electrons. The summed E-state index contributed by atoms with van der Waals surface area (Å²) in [5, 5.41) is 4.96. The van der Waals surface area contributed by atoms with Crippen LogP contribution in [0.25, 0.3) is 16.5 Å². The molecule has 0 radical (unpaired) electrons. The third-order valence-electron chi connectivity index (χ3n) is 5.43. The number of likely N-dealkylation sites (N-methyl/N-ethyl adjacent to an activating group) is 1. The van der Waals surface area contributed by atoms with Crippen molar-refractivity contribution >= 4 is 16.5 Å². The molecule has 1 unspecified atom stereocenters. The van der Waals surface area contributed by atoms with E-state index in [0.717, 1.165) is 29.9 Å². The summed E-state index contributed by atoms with van der Waals surface area (Å²) in [5.41, 5.74) is 2.07. The zero-order chi connectivity index (χ0) is 18.8. The Labute approximate surface area is 159 Å². The number of fused-ring (bicyclic) bond motifs is 1. The van der Waals surface area contributed by atoms with Crippen molar-refractivity contribution in [3.8, 4) is 11.4 Å². The van der Waals surface area contributed by atoms with Crippen LogP contribution < -0.4 is 20.5 Å². The lowest BCUT2D eigenvalue weighted by Gasteiger charge is -2.34. The molecule has 1 saturated heterocycles. The van der Waals surface area contributed by atoms with Crippen LogP contribution in [0.4, 0.5) is 5.69 Å². The molecule has 1 aliphatic heterocycles. The Bertz CT molecular complexity index is 995. The minimum Gasteiger partial charge on any atom is -0.497 e. The number of aromatic nitrogens is 1. The normalized spacial score (nSPS) is 17.3. The maximum Gasteiger partial charge on any atom is 0.262 e. The molecule has 1 aliphatic rings. The van der Waals surface area contributed by atoms with Crippen LogP contribution >= 0.6 is 0 Å². The van der Waals surface area contributed by atoms with Gasteiger partial charge in [-0.25, -0.2) is 0 Å². The predicted molar refractivity (Wildman–Crippen MR) is 110 cm³/mol. The van der Waals surface area contributed by atoms with Crippen molar-refractivity contribution in [2.75, 3.05) is 32.1 Å². The van der Waals surface area contributed by atoms with E-state index >= 15 is 0 Å². The third-order valence-corrected chi connectivity index (χ3v) is 5.43. The largest absolute Gasteiger partial charge is 0.497 e. The van der Waals surface area contributed by atoms with Gasteiger partial charge in [-0.3, -0.25) is 9.36 Å². The summed E-state index contributed by atoms with van der Waals surface area (Å²) in [5.74, 6) is 0.755. The van der Waals surface area contributed by atoms with Gasteiger partial charge in [0.1, 0.15) is 5.75 Å². The van der Waals surface area contributed by atoms with E-state index in [1.54, 1.807) is 11.7 Å². The maximum absolute atomic E-state index is 12.9. The third kappa shape index (κ3) is 3.43. The van der Waals surface area contributed by atoms with Crippen molar-refractivity contribution in [2.24, 2.45) is 0 Å². The average molecular weight is 363 g/mol. The Kier molecular flexibility index (Phi) is 4.86. The van der Waals surface area contributed by atoms with E-state index in [-0.39, 0.29) is 5.56 Å². The first-order valence-corrected chi connectivity index (χ1v) is 9.41. The molecule has 5 heteroatoms. The summed E-state index contributed by atoms with van der Waals surface area (Å²) in [6.45, 7) is 2.10. The van der Waals surface area contributed by atoms with E-state index in [1.807, 2.05) is 49.6 Å². The monoisotopic (exact) mass is 363 g/mol. The summed E-state index contributed by atoms with van der Waals surface area (Å²) in [6.07, 6.45) is 4.25. The molecule has 1 N–H and O–H groups in total. The maximum atomic E-state index is 12.9. The summed E-state index contributed by atoms with van der Waals surface area (Å²) in [4.78, 5) is 15.3. The molecule has 3 aromatic rings. The first kappa shape index (κ1) is 17.6. The molecule has 4 rings (SSSR count). The van der Waals surface area contributed by atoms with Gasteiger partial charge in [0.15, 0.2) is 0 Å². The number of ether oxygens (including phenoxy) is 1. The molecule has 1 atom stereocenters. The molecule has 0 saturated carbocycles. The van der Waals surface area contributed by atoms with E-state index in [0.29, 0.717) is 11.4 Å². The number of hydrogen-bond acceptors (Lipinski definition) is 4. The second kappa shape index (κ2) is 7.45. The fourth-order valence-electron chi connectivity index (χ4n) is 3.83. The van der Waals surface area contributed by atoms with Gasteiger partial charge in [-0.2, -0.15) is 0 Å². The highest BCUT2D eigenvalue weighted by Gasteiger charge is 2.18. The van der Waals surface area contributed by atoms with Gasteiger partial charge < -0.3 is 15.0 Å². The van der Waals surface area contributed by atoms with E-state index in [1.165, 1.54) is 18.5 Å². The van der Waals surface area contributed by atoms with Crippen molar-refractivity contribution in [3.05, 3.63) is 65.1 Å². The number of hydrogen-bond donors (Lipinski definition) is 1. The van der Waals surface area contributed by atoms with Crippen molar-refractivity contribution in [1.82, 2.24) is 9.88 Å². The number of piperidine rings is 1. The highest BCUT2D eigenvalue weighted by molar-refractivity contribution is 5.83. The Hall–Kier alpha value is -2.79. The molecular weight excluding hydrogens is 338 g/mol. The molecular formula is C22H25N3O2. The minimum atomic E-state index is -0.0175. The van der Waals surface area contributed by atoms with Gasteiger partial charge in [0.2, 0.25) is 0 Å². The average Bonchev–Trinajstić information content (AvgIpc) is 2.74. The van der Waals surface area contributed by atoms with Gasteiger partial charge >= 0.3 is 0 Å². The second-order valence-electron chi connectivity index (χ2n) is 7.03. The molecule has 0 aliphatic carbocycles. The lowest BCUT2D eigenvalue weighted by atomic mass is 10.1. The van der Waals surface area contributed by atoms with Gasteiger partial charge in [-0.05, 0) is 73.8 Å². The molecule has 27 heavy (non-hydrogen) atoms. The van der Waals surface area contributed by atoms with Gasteiger partial charge in [-0.15, -0.1) is 0 Å². The van der Waals surface area contributed by atoms with E-state index in [4.69, 9.17) is 4.74 Å². The Balaban J connectivity index is 1.64. The molecule has 2 aromatic carbocycles. The highest BCUT2D eigenvalue weighted by atomic mass is 16.5. The van der Waals surface area contributed by atoms with Crippen LogP contribution in [0.1, 0.15) is 12.8 Å². The highest BCUT2D eigenvalue weighted by Crippen LogP contribution is 2.22. The number of benzene rings is 2. The van der Waals surface area contributed by atoms with Crippen LogP contribution in [0.2, 0.25) is 0 Å². The fourth-order valence-corrected chi connectivity index (χ4v) is 3.83. The van der Waals surface area contributed by atoms with Gasteiger partial charge in [0.05, 0.1) is 7.11 Å². The summed E-state index contributed by atoms with van der Waals surface area (Å²) in [6, 6.07) is 16.3. The quantitative estimate of drug-likeness (QED) is 0.773. The number of anilines is 1. The topological polar surface area (TPSA) is 46.5 Å². The van der Waals surface area contributed by atoms with Crippen LogP contribution in [-0.4, -0.2) is 37.9 Å². The van der Waals surface area contributed by atoms with Gasteiger partial charge in [0.25, 0.3) is 5.56 Å². The van der Waals surface area contributed by atoms with E-state index in [2.05, 4.69) is 22.3 Å². The predicted octanol–water partition coefficient (Wildman–Crippen LogP) is 3.19. The van der Waals surface area contributed by atoms with Crippen LogP contribution in [0.15, 0.2) is 59.5 Å². The number of nitrogens with one attached hydrogen (secondary N) is 1. The Morgan fingerprint density at radius 3 is 2.59 bits per heavy atom.